The van der Waals surface area contributed by atoms with Crippen molar-refractivity contribution in [1.29, 1.82) is 0 Å². The number of furan rings is 1. The van der Waals surface area contributed by atoms with E-state index in [4.69, 9.17) is 9.15 Å². The SMILES string of the molecule is CCOC(C)C(NC)c1occc1Br. The van der Waals surface area contributed by atoms with Crippen molar-refractivity contribution in [3.8, 4) is 0 Å². The van der Waals surface area contributed by atoms with Crippen LogP contribution in [0.2, 0.25) is 0 Å². The molecule has 4 heteroatoms. The van der Waals surface area contributed by atoms with Crippen LogP contribution in [0, 0.1) is 0 Å². The molecule has 0 fully saturated rings. The summed E-state index contributed by atoms with van der Waals surface area (Å²) in [6.45, 7) is 4.72. The number of hydrogen-bond acceptors (Lipinski definition) is 3. The van der Waals surface area contributed by atoms with Crippen molar-refractivity contribution in [3.63, 3.8) is 0 Å². The fraction of sp³-hybridized carbons (Fsp3) is 0.600. The zero-order valence-electron chi connectivity index (χ0n) is 8.71. The Balaban J connectivity index is 2.76. The van der Waals surface area contributed by atoms with Gasteiger partial charge < -0.3 is 14.5 Å². The van der Waals surface area contributed by atoms with Crippen LogP contribution >= 0.6 is 15.9 Å². The summed E-state index contributed by atoms with van der Waals surface area (Å²) in [7, 11) is 1.90. The average Bonchev–Trinajstić information content (AvgIpc) is 2.54. The first-order valence-electron chi connectivity index (χ1n) is 4.72. The predicted octanol–water partition coefficient (Wildman–Crippen LogP) is 2.73. The molecule has 0 saturated heterocycles. The molecule has 80 valence electrons. The van der Waals surface area contributed by atoms with Crippen LogP contribution in [0.3, 0.4) is 0 Å². The molecule has 2 atom stereocenters. The molecule has 0 spiro atoms. The number of halogens is 1. The second-order valence-electron chi connectivity index (χ2n) is 3.06. The minimum Gasteiger partial charge on any atom is -0.466 e. The summed E-state index contributed by atoms with van der Waals surface area (Å²) in [5.41, 5.74) is 0. The molecule has 0 aromatic carbocycles. The Morgan fingerprint density at radius 2 is 2.36 bits per heavy atom. The van der Waals surface area contributed by atoms with E-state index in [-0.39, 0.29) is 12.1 Å². The van der Waals surface area contributed by atoms with Gasteiger partial charge >= 0.3 is 0 Å². The molecule has 0 radical (unpaired) electrons. The van der Waals surface area contributed by atoms with Gasteiger partial charge in [0.15, 0.2) is 0 Å². The molecular formula is C10H16BrNO2. The van der Waals surface area contributed by atoms with Gasteiger partial charge in [-0.1, -0.05) is 0 Å². The summed E-state index contributed by atoms with van der Waals surface area (Å²) in [5.74, 6) is 0.883. The van der Waals surface area contributed by atoms with Gasteiger partial charge in [-0.15, -0.1) is 0 Å². The molecule has 0 bridgehead atoms. The van der Waals surface area contributed by atoms with Gasteiger partial charge in [0.25, 0.3) is 0 Å². The molecule has 14 heavy (non-hydrogen) atoms. The maximum atomic E-state index is 5.53. The van der Waals surface area contributed by atoms with Crippen molar-refractivity contribution >= 4 is 15.9 Å². The molecule has 0 aliphatic rings. The Morgan fingerprint density at radius 1 is 1.64 bits per heavy atom. The summed E-state index contributed by atoms with van der Waals surface area (Å²) in [6, 6.07) is 1.97. The average molecular weight is 262 g/mol. The summed E-state index contributed by atoms with van der Waals surface area (Å²) in [6.07, 6.45) is 1.76. The fourth-order valence-electron chi connectivity index (χ4n) is 1.47. The summed E-state index contributed by atoms with van der Waals surface area (Å²) in [5, 5.41) is 3.18. The largest absolute Gasteiger partial charge is 0.466 e. The Morgan fingerprint density at radius 3 is 2.79 bits per heavy atom. The van der Waals surface area contributed by atoms with Gasteiger partial charge in [0, 0.05) is 6.61 Å². The van der Waals surface area contributed by atoms with Crippen LogP contribution in [-0.4, -0.2) is 19.8 Å². The van der Waals surface area contributed by atoms with Crippen molar-refractivity contribution in [2.75, 3.05) is 13.7 Å². The molecule has 0 saturated carbocycles. The van der Waals surface area contributed by atoms with Crippen LogP contribution in [0.1, 0.15) is 25.6 Å². The third-order valence-corrected chi connectivity index (χ3v) is 2.79. The molecule has 0 aliphatic carbocycles. The molecule has 1 heterocycles. The second-order valence-corrected chi connectivity index (χ2v) is 3.91. The lowest BCUT2D eigenvalue weighted by atomic mass is 10.1. The first-order valence-corrected chi connectivity index (χ1v) is 5.51. The van der Waals surface area contributed by atoms with Gasteiger partial charge in [-0.3, -0.25) is 0 Å². The van der Waals surface area contributed by atoms with E-state index in [1.807, 2.05) is 27.0 Å². The molecule has 1 N–H and O–H groups in total. The Kier molecular flexibility index (Phi) is 4.65. The smallest absolute Gasteiger partial charge is 0.137 e. The Labute approximate surface area is 92.9 Å². The number of nitrogens with one attached hydrogen (secondary N) is 1. The van der Waals surface area contributed by atoms with E-state index in [0.29, 0.717) is 6.61 Å². The molecule has 1 aromatic rings. The van der Waals surface area contributed by atoms with E-state index in [9.17, 15) is 0 Å². The molecule has 1 aromatic heterocycles. The summed E-state index contributed by atoms with van der Waals surface area (Å²) < 4.78 is 11.9. The number of likely N-dealkylation sites (N-methyl/N-ethyl adjacent to an activating group) is 1. The Bertz CT molecular complexity index is 275. The van der Waals surface area contributed by atoms with Crippen LogP contribution in [0.4, 0.5) is 0 Å². The number of ether oxygens (including phenoxy) is 1. The highest BCUT2D eigenvalue weighted by Crippen LogP contribution is 2.27. The van der Waals surface area contributed by atoms with Gasteiger partial charge in [-0.2, -0.15) is 0 Å². The molecular weight excluding hydrogens is 246 g/mol. The van der Waals surface area contributed by atoms with Gasteiger partial charge in [0.05, 0.1) is 22.9 Å². The van der Waals surface area contributed by atoms with Crippen LogP contribution in [0.15, 0.2) is 21.2 Å². The second kappa shape index (κ2) is 5.53. The number of rotatable bonds is 5. The molecule has 3 nitrogen and oxygen atoms in total. The normalized spacial score (nSPS) is 15.4. The minimum absolute atomic E-state index is 0.0827. The van der Waals surface area contributed by atoms with Crippen LogP contribution in [0.5, 0.6) is 0 Å². The lowest BCUT2D eigenvalue weighted by Crippen LogP contribution is -2.29. The first kappa shape index (κ1) is 11.8. The van der Waals surface area contributed by atoms with Crippen LogP contribution in [0.25, 0.3) is 0 Å². The molecule has 2 unspecified atom stereocenters. The molecule has 1 rings (SSSR count). The third kappa shape index (κ3) is 2.59. The van der Waals surface area contributed by atoms with Crippen LogP contribution in [-0.2, 0) is 4.74 Å². The maximum absolute atomic E-state index is 5.53. The Hall–Kier alpha value is -0.320. The maximum Gasteiger partial charge on any atom is 0.137 e. The van der Waals surface area contributed by atoms with E-state index in [1.54, 1.807) is 6.26 Å². The quantitative estimate of drug-likeness (QED) is 0.885. The minimum atomic E-state index is 0.0827. The molecule has 0 amide bonds. The van der Waals surface area contributed by atoms with E-state index >= 15 is 0 Å². The zero-order valence-corrected chi connectivity index (χ0v) is 10.3. The monoisotopic (exact) mass is 261 g/mol. The van der Waals surface area contributed by atoms with Gasteiger partial charge in [0.2, 0.25) is 0 Å². The predicted molar refractivity (Wildman–Crippen MR) is 59.3 cm³/mol. The highest BCUT2D eigenvalue weighted by Gasteiger charge is 2.22. The van der Waals surface area contributed by atoms with E-state index < -0.39 is 0 Å². The van der Waals surface area contributed by atoms with Gasteiger partial charge in [-0.25, -0.2) is 0 Å². The fourth-order valence-corrected chi connectivity index (χ4v) is 1.91. The standard InChI is InChI=1S/C10H16BrNO2/c1-4-13-7(2)9(12-3)10-8(11)5-6-14-10/h5-7,9,12H,4H2,1-3H3. The first-order chi connectivity index (χ1) is 6.70. The highest BCUT2D eigenvalue weighted by molar-refractivity contribution is 9.10. The van der Waals surface area contributed by atoms with Crippen LogP contribution < -0.4 is 5.32 Å². The topological polar surface area (TPSA) is 34.4 Å². The lowest BCUT2D eigenvalue weighted by molar-refractivity contribution is 0.0433. The van der Waals surface area contributed by atoms with Crippen molar-refractivity contribution in [1.82, 2.24) is 5.32 Å². The van der Waals surface area contributed by atoms with Crippen molar-refractivity contribution in [2.24, 2.45) is 0 Å². The summed E-state index contributed by atoms with van der Waals surface area (Å²) in [4.78, 5) is 0. The van der Waals surface area contributed by atoms with E-state index in [2.05, 4.69) is 21.2 Å². The van der Waals surface area contributed by atoms with Crippen molar-refractivity contribution in [3.05, 3.63) is 22.6 Å². The zero-order chi connectivity index (χ0) is 10.6. The highest BCUT2D eigenvalue weighted by atomic mass is 79.9. The van der Waals surface area contributed by atoms with Gasteiger partial charge in [0.1, 0.15) is 5.76 Å². The summed E-state index contributed by atoms with van der Waals surface area (Å²) >= 11 is 3.44. The van der Waals surface area contributed by atoms with Gasteiger partial charge in [-0.05, 0) is 42.9 Å². The van der Waals surface area contributed by atoms with E-state index in [0.717, 1.165) is 10.2 Å². The van der Waals surface area contributed by atoms with Crippen molar-refractivity contribution < 1.29 is 9.15 Å². The number of hydrogen-bond donors (Lipinski definition) is 1. The van der Waals surface area contributed by atoms with E-state index in [1.165, 1.54) is 0 Å². The lowest BCUT2D eigenvalue weighted by Gasteiger charge is -2.21. The molecule has 0 aliphatic heterocycles. The van der Waals surface area contributed by atoms with Crippen molar-refractivity contribution in [2.45, 2.75) is 26.0 Å². The third-order valence-electron chi connectivity index (χ3n) is 2.14.